The predicted molar refractivity (Wildman–Crippen MR) is 57.4 cm³/mol. The van der Waals surface area contributed by atoms with Crippen LogP contribution in [0.5, 0.6) is 0 Å². The van der Waals surface area contributed by atoms with E-state index in [0.29, 0.717) is 5.92 Å². The highest BCUT2D eigenvalue weighted by Crippen LogP contribution is 1.97. The Bertz CT molecular complexity index is 182. The molecule has 14 heavy (non-hydrogen) atoms. The largest absolute Gasteiger partial charge is 0.503 e. The van der Waals surface area contributed by atoms with Crippen LogP contribution in [0.15, 0.2) is 0 Å². The fraction of sp³-hybridized carbons (Fsp3) is 0.727. The highest BCUT2D eigenvalue weighted by atomic mass is 16.6. The average Bonchev–Trinajstić information content (AvgIpc) is 2.02. The second-order valence-electron chi connectivity index (χ2n) is 3.22. The van der Waals surface area contributed by atoms with Crippen LogP contribution >= 0.6 is 0 Å². The van der Waals surface area contributed by atoms with Gasteiger partial charge in [0.05, 0.1) is 0 Å². The molecule has 3 nitrogen and oxygen atoms in total. The minimum Gasteiger partial charge on any atom is -0.450 e. The van der Waals surface area contributed by atoms with Gasteiger partial charge in [-0.2, -0.15) is 0 Å². The van der Waals surface area contributed by atoms with Crippen LogP contribution in [0.1, 0.15) is 46.5 Å². The van der Waals surface area contributed by atoms with Gasteiger partial charge in [-0.15, -0.1) is 11.8 Å². The van der Waals surface area contributed by atoms with E-state index in [9.17, 15) is 0 Å². The van der Waals surface area contributed by atoms with Crippen LogP contribution < -0.4 is 0 Å². The smallest absolute Gasteiger partial charge is 0.450 e. The zero-order valence-corrected chi connectivity index (χ0v) is 9.21. The van der Waals surface area contributed by atoms with Crippen LogP contribution in [-0.4, -0.2) is 16.4 Å². The van der Waals surface area contributed by atoms with Crippen LogP contribution in [0.3, 0.4) is 0 Å². The maximum Gasteiger partial charge on any atom is 0.503 e. The van der Waals surface area contributed by atoms with Crippen molar-refractivity contribution in [2.45, 2.75) is 46.5 Å². The van der Waals surface area contributed by atoms with E-state index in [1.54, 1.807) is 0 Å². The molecule has 0 saturated carbocycles. The summed E-state index contributed by atoms with van der Waals surface area (Å²) in [4.78, 5) is 8.56. The van der Waals surface area contributed by atoms with Crippen molar-refractivity contribution in [2.24, 2.45) is 5.92 Å². The van der Waals surface area contributed by atoms with Gasteiger partial charge in [0.15, 0.2) is 0 Å². The number of rotatable bonds is 3. The topological polar surface area (TPSA) is 57.5 Å². The van der Waals surface area contributed by atoms with Gasteiger partial charge in [0.25, 0.3) is 0 Å². The Hall–Kier alpha value is -1.17. The molecule has 0 atom stereocenters. The minimum absolute atomic E-state index is 0.543. The summed E-state index contributed by atoms with van der Waals surface area (Å²) in [7, 11) is 0. The lowest BCUT2D eigenvalue weighted by Crippen LogP contribution is -1.81. The molecular formula is C11H20O3. The molecule has 0 fully saturated rings. The Morgan fingerprint density at radius 1 is 1.29 bits per heavy atom. The summed E-state index contributed by atoms with van der Waals surface area (Å²) in [5, 5.41) is 13.9. The Morgan fingerprint density at radius 3 is 2.14 bits per heavy atom. The number of carbonyl (C=O) groups is 1. The Kier molecular flexibility index (Phi) is 12.9. The van der Waals surface area contributed by atoms with Crippen LogP contribution in [0.25, 0.3) is 0 Å². The highest BCUT2D eigenvalue weighted by Gasteiger charge is 1.82. The van der Waals surface area contributed by atoms with Gasteiger partial charge in [-0.1, -0.05) is 33.6 Å². The molecule has 0 saturated heterocycles. The molecule has 0 aliphatic rings. The molecule has 0 spiro atoms. The van der Waals surface area contributed by atoms with Crippen LogP contribution in [0.4, 0.5) is 4.79 Å². The standard InChI is InChI=1S/C10H18.CH2O3/c1-4-5-6-7-8-9-10(2)3;2-1(3)4/h10H,4-7H2,1-3H3;(H2,2,3,4). The first kappa shape index (κ1) is 15.3. The third-order valence-electron chi connectivity index (χ3n) is 1.30. The van der Waals surface area contributed by atoms with Crippen molar-refractivity contribution < 1.29 is 15.0 Å². The summed E-state index contributed by atoms with van der Waals surface area (Å²) in [5.41, 5.74) is 0. The van der Waals surface area contributed by atoms with E-state index in [1.165, 1.54) is 19.3 Å². The van der Waals surface area contributed by atoms with Gasteiger partial charge in [-0.05, 0) is 6.42 Å². The van der Waals surface area contributed by atoms with E-state index in [2.05, 4.69) is 32.6 Å². The first-order valence-electron chi connectivity index (χ1n) is 4.91. The van der Waals surface area contributed by atoms with Crippen molar-refractivity contribution in [3.8, 4) is 11.8 Å². The average molecular weight is 200 g/mol. The molecule has 0 aliphatic heterocycles. The van der Waals surface area contributed by atoms with E-state index in [0.717, 1.165) is 6.42 Å². The maximum absolute atomic E-state index is 8.56. The van der Waals surface area contributed by atoms with Gasteiger partial charge in [0.2, 0.25) is 0 Å². The van der Waals surface area contributed by atoms with Gasteiger partial charge in [0.1, 0.15) is 0 Å². The summed E-state index contributed by atoms with van der Waals surface area (Å²) < 4.78 is 0. The molecule has 0 aromatic carbocycles. The van der Waals surface area contributed by atoms with E-state index < -0.39 is 6.16 Å². The van der Waals surface area contributed by atoms with Gasteiger partial charge in [0, 0.05) is 12.3 Å². The van der Waals surface area contributed by atoms with Crippen molar-refractivity contribution in [1.82, 2.24) is 0 Å². The third-order valence-corrected chi connectivity index (χ3v) is 1.30. The lowest BCUT2D eigenvalue weighted by Gasteiger charge is -1.90. The van der Waals surface area contributed by atoms with Gasteiger partial charge < -0.3 is 10.2 Å². The SMILES string of the molecule is CCCCCC#CC(C)C.O=C(O)O. The molecule has 0 radical (unpaired) electrons. The predicted octanol–water partition coefficient (Wildman–Crippen LogP) is 3.45. The summed E-state index contributed by atoms with van der Waals surface area (Å²) >= 11 is 0. The Labute approximate surface area is 86.1 Å². The van der Waals surface area contributed by atoms with Crippen molar-refractivity contribution in [1.29, 1.82) is 0 Å². The normalized spacial score (nSPS) is 8.29. The van der Waals surface area contributed by atoms with Crippen LogP contribution in [0.2, 0.25) is 0 Å². The van der Waals surface area contributed by atoms with Crippen LogP contribution in [0, 0.1) is 17.8 Å². The first-order chi connectivity index (χ1) is 6.50. The lowest BCUT2D eigenvalue weighted by atomic mass is 10.2. The molecule has 0 amide bonds. The molecule has 0 heterocycles. The molecule has 0 unspecified atom stereocenters. The Balaban J connectivity index is 0. The molecule has 3 heteroatoms. The molecule has 0 rings (SSSR count). The Morgan fingerprint density at radius 2 is 1.79 bits per heavy atom. The first-order valence-corrected chi connectivity index (χ1v) is 4.91. The van der Waals surface area contributed by atoms with Gasteiger partial charge in [-0.25, -0.2) is 4.79 Å². The number of carboxylic acid groups (broad SMARTS) is 2. The zero-order chi connectivity index (χ0) is 11.4. The fourth-order valence-corrected chi connectivity index (χ4v) is 0.740. The van der Waals surface area contributed by atoms with Crippen molar-refractivity contribution in [2.75, 3.05) is 0 Å². The summed E-state index contributed by atoms with van der Waals surface area (Å²) in [6.45, 7) is 6.48. The van der Waals surface area contributed by atoms with E-state index in [4.69, 9.17) is 15.0 Å². The molecule has 0 aromatic heterocycles. The van der Waals surface area contributed by atoms with Crippen molar-refractivity contribution in [3.63, 3.8) is 0 Å². The summed E-state index contributed by atoms with van der Waals surface area (Å²) in [6.07, 6.45) is 3.15. The lowest BCUT2D eigenvalue weighted by molar-refractivity contribution is 0.137. The molecule has 0 aromatic rings. The zero-order valence-electron chi connectivity index (χ0n) is 9.21. The van der Waals surface area contributed by atoms with Crippen molar-refractivity contribution >= 4 is 6.16 Å². The number of hydrogen-bond acceptors (Lipinski definition) is 1. The quantitative estimate of drug-likeness (QED) is 0.542. The third kappa shape index (κ3) is 30.8. The molecule has 0 bridgehead atoms. The highest BCUT2D eigenvalue weighted by molar-refractivity contribution is 5.53. The molecule has 2 N–H and O–H groups in total. The number of unbranched alkanes of at least 4 members (excludes halogenated alkanes) is 3. The molecular weight excluding hydrogens is 180 g/mol. The monoisotopic (exact) mass is 200 g/mol. The fourth-order valence-electron chi connectivity index (χ4n) is 0.740. The summed E-state index contributed by atoms with van der Waals surface area (Å²) in [5.74, 6) is 6.87. The second kappa shape index (κ2) is 11.8. The van der Waals surface area contributed by atoms with Gasteiger partial charge in [-0.3, -0.25) is 0 Å². The number of hydrogen-bond donors (Lipinski definition) is 2. The minimum atomic E-state index is -1.83. The van der Waals surface area contributed by atoms with Crippen molar-refractivity contribution in [3.05, 3.63) is 0 Å². The van der Waals surface area contributed by atoms with Crippen LogP contribution in [-0.2, 0) is 0 Å². The molecule has 82 valence electrons. The van der Waals surface area contributed by atoms with E-state index >= 15 is 0 Å². The van der Waals surface area contributed by atoms with E-state index in [-0.39, 0.29) is 0 Å². The van der Waals surface area contributed by atoms with E-state index in [1.807, 2.05) is 0 Å². The summed E-state index contributed by atoms with van der Waals surface area (Å²) in [6, 6.07) is 0. The van der Waals surface area contributed by atoms with Gasteiger partial charge >= 0.3 is 6.16 Å². The maximum atomic E-state index is 8.56. The molecule has 0 aliphatic carbocycles. The second-order valence-corrected chi connectivity index (χ2v) is 3.22.